The van der Waals surface area contributed by atoms with Crippen LogP contribution in [0.5, 0.6) is 0 Å². The Morgan fingerprint density at radius 2 is 2.23 bits per heavy atom. The summed E-state index contributed by atoms with van der Waals surface area (Å²) < 4.78 is 29.8. The van der Waals surface area contributed by atoms with Crippen LogP contribution in [0.2, 0.25) is 0 Å². The molecule has 0 radical (unpaired) electrons. The average molecular weight is 369 g/mol. The van der Waals surface area contributed by atoms with Crippen molar-refractivity contribution >= 4 is 26.6 Å². The zero-order valence-electron chi connectivity index (χ0n) is 14.4. The molecular formula is C18H19N5O2S. The summed E-state index contributed by atoms with van der Waals surface area (Å²) in [5.41, 5.74) is 2.42. The van der Waals surface area contributed by atoms with Crippen LogP contribution in [0.15, 0.2) is 35.6 Å². The van der Waals surface area contributed by atoms with E-state index in [9.17, 15) is 13.7 Å². The highest BCUT2D eigenvalue weighted by molar-refractivity contribution is 7.92. The van der Waals surface area contributed by atoms with Crippen molar-refractivity contribution in [3.8, 4) is 6.07 Å². The highest BCUT2D eigenvalue weighted by Gasteiger charge is 2.22. The molecule has 1 aliphatic carbocycles. The smallest absolute Gasteiger partial charge is 0.265 e. The number of hydrogen-bond donors (Lipinski definition) is 2. The summed E-state index contributed by atoms with van der Waals surface area (Å²) in [6.07, 6.45) is 8.13. The fourth-order valence-corrected chi connectivity index (χ4v) is 4.34. The minimum absolute atomic E-state index is 0.137. The average Bonchev–Trinajstić information content (AvgIpc) is 3.21. The summed E-state index contributed by atoms with van der Waals surface area (Å²) in [5, 5.41) is 14.1. The number of nitrogens with one attached hydrogen (secondary N) is 2. The first kappa shape index (κ1) is 16.7. The summed E-state index contributed by atoms with van der Waals surface area (Å²) in [4.78, 5) is 3.14. The molecule has 1 saturated carbocycles. The molecule has 2 heterocycles. The molecule has 134 valence electrons. The second-order valence-electron chi connectivity index (χ2n) is 6.79. The lowest BCUT2D eigenvalue weighted by molar-refractivity contribution is 0.266. The Hall–Kier alpha value is -2.79. The van der Waals surface area contributed by atoms with E-state index in [1.54, 1.807) is 29.2 Å². The van der Waals surface area contributed by atoms with E-state index in [0.717, 1.165) is 17.5 Å². The first-order valence-electron chi connectivity index (χ1n) is 8.54. The van der Waals surface area contributed by atoms with Gasteiger partial charge in [-0.1, -0.05) is 12.5 Å². The van der Waals surface area contributed by atoms with Gasteiger partial charge in [-0.25, -0.2) is 8.42 Å². The summed E-state index contributed by atoms with van der Waals surface area (Å²) in [7, 11) is -3.76. The van der Waals surface area contributed by atoms with Crippen LogP contribution in [0, 0.1) is 24.2 Å². The van der Waals surface area contributed by atoms with Crippen molar-refractivity contribution < 1.29 is 8.42 Å². The molecule has 0 amide bonds. The van der Waals surface area contributed by atoms with E-state index >= 15 is 0 Å². The van der Waals surface area contributed by atoms with Crippen molar-refractivity contribution in [2.75, 3.05) is 4.72 Å². The van der Waals surface area contributed by atoms with Crippen molar-refractivity contribution in [1.29, 1.82) is 5.26 Å². The first-order valence-corrected chi connectivity index (χ1v) is 10.0. The molecule has 0 saturated heterocycles. The molecule has 0 bridgehead atoms. The van der Waals surface area contributed by atoms with Gasteiger partial charge in [0.05, 0.1) is 23.0 Å². The van der Waals surface area contributed by atoms with Gasteiger partial charge in [0.1, 0.15) is 11.0 Å². The van der Waals surface area contributed by atoms with Crippen molar-refractivity contribution in [3.63, 3.8) is 0 Å². The molecule has 0 aliphatic heterocycles. The first-order chi connectivity index (χ1) is 12.5. The van der Waals surface area contributed by atoms with E-state index in [-0.39, 0.29) is 4.90 Å². The Kier molecular flexibility index (Phi) is 3.96. The van der Waals surface area contributed by atoms with Crippen LogP contribution in [0.25, 0.3) is 10.9 Å². The van der Waals surface area contributed by atoms with Gasteiger partial charge in [0.2, 0.25) is 0 Å². The summed E-state index contributed by atoms with van der Waals surface area (Å²) in [6, 6.07) is 5.62. The Morgan fingerprint density at radius 3 is 2.92 bits per heavy atom. The van der Waals surface area contributed by atoms with Crippen LogP contribution in [0.1, 0.15) is 30.4 Å². The SMILES string of the molecule is Cc1ccc(NS(=O)(=O)c2cnn(CC3CCC3)c2)c2[nH]cc(C#N)c12. The lowest BCUT2D eigenvalue weighted by atomic mass is 9.85. The molecule has 7 nitrogen and oxygen atoms in total. The third kappa shape index (κ3) is 2.84. The lowest BCUT2D eigenvalue weighted by Crippen LogP contribution is -2.18. The number of sulfonamides is 1. The van der Waals surface area contributed by atoms with Gasteiger partial charge in [0.15, 0.2) is 0 Å². The molecule has 0 unspecified atom stereocenters. The van der Waals surface area contributed by atoms with Crippen molar-refractivity contribution in [3.05, 3.63) is 41.9 Å². The van der Waals surface area contributed by atoms with Crippen LogP contribution in [0.3, 0.4) is 0 Å². The van der Waals surface area contributed by atoms with Crippen LogP contribution in [0.4, 0.5) is 5.69 Å². The van der Waals surface area contributed by atoms with Crippen LogP contribution >= 0.6 is 0 Å². The maximum Gasteiger partial charge on any atom is 0.265 e. The van der Waals surface area contributed by atoms with Gasteiger partial charge in [0.25, 0.3) is 10.0 Å². The fourth-order valence-electron chi connectivity index (χ4n) is 3.32. The molecule has 1 fully saturated rings. The molecule has 8 heteroatoms. The number of hydrogen-bond acceptors (Lipinski definition) is 4. The third-order valence-electron chi connectivity index (χ3n) is 5.00. The van der Waals surface area contributed by atoms with Crippen LogP contribution in [-0.4, -0.2) is 23.2 Å². The quantitative estimate of drug-likeness (QED) is 0.721. The van der Waals surface area contributed by atoms with E-state index < -0.39 is 10.0 Å². The molecule has 0 spiro atoms. The summed E-state index contributed by atoms with van der Waals surface area (Å²) in [6.45, 7) is 2.65. The highest BCUT2D eigenvalue weighted by Crippen LogP contribution is 2.30. The molecular weight excluding hydrogens is 350 g/mol. The number of H-pyrrole nitrogens is 1. The normalized spacial score (nSPS) is 14.9. The van der Waals surface area contributed by atoms with Gasteiger partial charge in [-0.2, -0.15) is 10.4 Å². The van der Waals surface area contributed by atoms with E-state index in [0.29, 0.717) is 22.7 Å². The lowest BCUT2D eigenvalue weighted by Gasteiger charge is -2.24. The predicted octanol–water partition coefficient (Wildman–Crippen LogP) is 3.15. The number of aryl methyl sites for hydroxylation is 1. The summed E-state index contributed by atoms with van der Waals surface area (Å²) in [5.74, 6) is 0.596. The minimum Gasteiger partial charge on any atom is -0.358 e. The Bertz CT molecular complexity index is 1120. The van der Waals surface area contributed by atoms with Crippen molar-refractivity contribution in [2.24, 2.45) is 5.92 Å². The van der Waals surface area contributed by atoms with Gasteiger partial charge < -0.3 is 4.98 Å². The van der Waals surface area contributed by atoms with E-state index in [1.807, 2.05) is 6.92 Å². The largest absolute Gasteiger partial charge is 0.358 e. The topological polar surface area (TPSA) is 104 Å². The number of aromatic amines is 1. The number of anilines is 1. The van der Waals surface area contributed by atoms with Gasteiger partial charge in [-0.3, -0.25) is 9.40 Å². The maximum atomic E-state index is 12.7. The predicted molar refractivity (Wildman–Crippen MR) is 98.1 cm³/mol. The number of nitrogens with zero attached hydrogens (tertiary/aromatic N) is 3. The molecule has 0 atom stereocenters. The molecule has 3 aromatic rings. The maximum absolute atomic E-state index is 12.7. The number of fused-ring (bicyclic) bond motifs is 1. The van der Waals surface area contributed by atoms with E-state index in [4.69, 9.17) is 0 Å². The Balaban J connectivity index is 1.64. The molecule has 1 aliphatic rings. The fraction of sp³-hybridized carbons (Fsp3) is 0.333. The Labute approximate surface area is 151 Å². The van der Waals surface area contributed by atoms with Crippen LogP contribution in [-0.2, 0) is 16.6 Å². The minimum atomic E-state index is -3.76. The number of aromatic nitrogens is 3. The number of benzene rings is 1. The van der Waals surface area contributed by atoms with Gasteiger partial charge in [0, 0.05) is 24.3 Å². The van der Waals surface area contributed by atoms with E-state index in [2.05, 4.69) is 20.9 Å². The van der Waals surface area contributed by atoms with Crippen molar-refractivity contribution in [2.45, 2.75) is 37.6 Å². The standard InChI is InChI=1S/C18H19N5O2S/c1-12-5-6-16(18-17(12)14(7-19)8-20-18)22-26(24,25)15-9-21-23(11-15)10-13-3-2-4-13/h5-6,8-9,11,13,20,22H,2-4,10H2,1H3. The monoisotopic (exact) mass is 369 g/mol. The van der Waals surface area contributed by atoms with Gasteiger partial charge >= 0.3 is 0 Å². The number of nitriles is 1. The van der Waals surface area contributed by atoms with Crippen LogP contribution < -0.4 is 4.72 Å². The summed E-state index contributed by atoms with van der Waals surface area (Å²) >= 11 is 0. The highest BCUT2D eigenvalue weighted by atomic mass is 32.2. The Morgan fingerprint density at radius 1 is 1.42 bits per heavy atom. The number of rotatable bonds is 5. The second kappa shape index (κ2) is 6.18. The van der Waals surface area contributed by atoms with Crippen molar-refractivity contribution in [1.82, 2.24) is 14.8 Å². The molecule has 2 aromatic heterocycles. The van der Waals surface area contributed by atoms with Gasteiger partial charge in [-0.15, -0.1) is 0 Å². The third-order valence-corrected chi connectivity index (χ3v) is 6.32. The molecule has 2 N–H and O–H groups in total. The van der Waals surface area contributed by atoms with Gasteiger partial charge in [-0.05, 0) is 37.3 Å². The molecule has 1 aromatic carbocycles. The zero-order valence-corrected chi connectivity index (χ0v) is 15.2. The second-order valence-corrected chi connectivity index (χ2v) is 8.48. The van der Waals surface area contributed by atoms with E-state index in [1.165, 1.54) is 25.5 Å². The zero-order chi connectivity index (χ0) is 18.3. The molecule has 26 heavy (non-hydrogen) atoms. The molecule has 4 rings (SSSR count).